The number of hydrogen-bond acceptors (Lipinski definition) is 3. The molecule has 1 aromatic heterocycles. The summed E-state index contributed by atoms with van der Waals surface area (Å²) in [6, 6.07) is 1.26. The first-order chi connectivity index (χ1) is 9.11. The fourth-order valence-electron chi connectivity index (χ4n) is 2.33. The third-order valence-electron chi connectivity index (χ3n) is 3.20. The number of pyridine rings is 1. The minimum absolute atomic E-state index is 0.0385. The van der Waals surface area contributed by atoms with E-state index in [0.29, 0.717) is 5.25 Å². The maximum atomic E-state index is 13.1. The Morgan fingerprint density at radius 2 is 2.42 bits per heavy atom. The van der Waals surface area contributed by atoms with Gasteiger partial charge in [0.05, 0.1) is 11.8 Å². The molecule has 0 bridgehead atoms. The molecule has 2 rings (SSSR count). The van der Waals surface area contributed by atoms with Gasteiger partial charge in [0, 0.05) is 11.3 Å². The van der Waals surface area contributed by atoms with Gasteiger partial charge in [0.2, 0.25) is 0 Å². The summed E-state index contributed by atoms with van der Waals surface area (Å²) in [5, 5.41) is 3.42. The number of hydrogen-bond donors (Lipinski definition) is 1. The lowest BCUT2D eigenvalue weighted by Crippen LogP contribution is -2.39. The van der Waals surface area contributed by atoms with E-state index >= 15 is 0 Å². The van der Waals surface area contributed by atoms with Crippen molar-refractivity contribution in [3.05, 3.63) is 28.8 Å². The number of aromatic nitrogens is 1. The lowest BCUT2D eigenvalue weighted by molar-refractivity contribution is 0.0938. The van der Waals surface area contributed by atoms with Crippen LogP contribution in [-0.4, -0.2) is 27.9 Å². The van der Waals surface area contributed by atoms with E-state index < -0.39 is 5.82 Å². The Kier molecular flexibility index (Phi) is 5.05. The van der Waals surface area contributed by atoms with E-state index in [1.54, 1.807) is 0 Å². The van der Waals surface area contributed by atoms with Crippen LogP contribution in [0.15, 0.2) is 12.3 Å². The van der Waals surface area contributed by atoms with E-state index in [0.717, 1.165) is 37.3 Å². The topological polar surface area (TPSA) is 42.0 Å². The number of halogens is 2. The van der Waals surface area contributed by atoms with Crippen molar-refractivity contribution in [3.8, 4) is 0 Å². The number of rotatable bonds is 4. The maximum absolute atomic E-state index is 13.1. The molecule has 0 spiro atoms. The van der Waals surface area contributed by atoms with E-state index in [-0.39, 0.29) is 22.7 Å². The molecule has 1 fully saturated rings. The highest BCUT2D eigenvalue weighted by molar-refractivity contribution is 7.99. The standard InChI is InChI=1S/C13H16ClFN2OS/c1-2-19-11-5-3-4-10(11)17-13(18)9-6-8(15)7-16-12(9)14/h6-7,10-11H,2-5H2,1H3,(H,17,18). The highest BCUT2D eigenvalue weighted by atomic mass is 35.5. The van der Waals surface area contributed by atoms with Gasteiger partial charge in [0.25, 0.3) is 5.91 Å². The Morgan fingerprint density at radius 1 is 1.63 bits per heavy atom. The van der Waals surface area contributed by atoms with Crippen LogP contribution in [0.25, 0.3) is 0 Å². The Hall–Kier alpha value is -0.810. The number of carbonyl (C=O) groups excluding carboxylic acids is 1. The van der Waals surface area contributed by atoms with Crippen LogP contribution in [0, 0.1) is 5.82 Å². The molecule has 1 aliphatic carbocycles. The molecular formula is C13H16ClFN2OS. The van der Waals surface area contributed by atoms with E-state index in [2.05, 4.69) is 17.2 Å². The van der Waals surface area contributed by atoms with Crippen molar-refractivity contribution in [2.75, 3.05) is 5.75 Å². The third-order valence-corrected chi connectivity index (χ3v) is 4.83. The predicted octanol–water partition coefficient (Wildman–Crippen LogP) is 3.28. The fraction of sp³-hybridized carbons (Fsp3) is 0.538. The molecule has 0 saturated heterocycles. The van der Waals surface area contributed by atoms with Crippen LogP contribution in [0.1, 0.15) is 36.5 Å². The van der Waals surface area contributed by atoms with Crippen molar-refractivity contribution in [1.29, 1.82) is 0 Å². The zero-order valence-corrected chi connectivity index (χ0v) is 12.2. The van der Waals surface area contributed by atoms with Gasteiger partial charge in [-0.05, 0) is 24.7 Å². The van der Waals surface area contributed by atoms with Gasteiger partial charge in [-0.1, -0.05) is 24.9 Å². The van der Waals surface area contributed by atoms with Crippen molar-refractivity contribution in [1.82, 2.24) is 10.3 Å². The molecule has 6 heteroatoms. The van der Waals surface area contributed by atoms with Crippen LogP contribution in [0.3, 0.4) is 0 Å². The number of carbonyl (C=O) groups is 1. The molecule has 19 heavy (non-hydrogen) atoms. The normalized spacial score (nSPS) is 22.5. The molecule has 1 N–H and O–H groups in total. The summed E-state index contributed by atoms with van der Waals surface area (Å²) in [5.41, 5.74) is 0.105. The van der Waals surface area contributed by atoms with Crippen molar-refractivity contribution in [2.45, 2.75) is 37.5 Å². The monoisotopic (exact) mass is 302 g/mol. The quantitative estimate of drug-likeness (QED) is 0.868. The summed E-state index contributed by atoms with van der Waals surface area (Å²) in [6.45, 7) is 2.11. The molecule has 104 valence electrons. The molecule has 1 saturated carbocycles. The summed E-state index contributed by atoms with van der Waals surface area (Å²) in [7, 11) is 0. The Bertz CT molecular complexity index is 472. The molecule has 1 heterocycles. The van der Waals surface area contributed by atoms with E-state index in [4.69, 9.17) is 11.6 Å². The summed E-state index contributed by atoms with van der Waals surface area (Å²) < 4.78 is 13.1. The Balaban J connectivity index is 2.06. The van der Waals surface area contributed by atoms with Crippen LogP contribution in [0.2, 0.25) is 5.15 Å². The average Bonchev–Trinajstić information content (AvgIpc) is 2.80. The average molecular weight is 303 g/mol. The SMILES string of the molecule is CCSC1CCCC1NC(=O)c1cc(F)cnc1Cl. The summed E-state index contributed by atoms with van der Waals surface area (Å²) in [5.74, 6) is 0.130. The van der Waals surface area contributed by atoms with E-state index in [1.807, 2.05) is 11.8 Å². The van der Waals surface area contributed by atoms with Crippen molar-refractivity contribution in [3.63, 3.8) is 0 Å². The van der Waals surface area contributed by atoms with Gasteiger partial charge >= 0.3 is 0 Å². The van der Waals surface area contributed by atoms with Crippen LogP contribution in [0.5, 0.6) is 0 Å². The third kappa shape index (κ3) is 3.60. The molecule has 2 atom stereocenters. The molecule has 2 unspecified atom stereocenters. The van der Waals surface area contributed by atoms with E-state index in [9.17, 15) is 9.18 Å². The van der Waals surface area contributed by atoms with Gasteiger partial charge in [0.1, 0.15) is 11.0 Å². The molecule has 0 aromatic carbocycles. The second-order valence-electron chi connectivity index (χ2n) is 4.50. The van der Waals surface area contributed by atoms with Crippen LogP contribution >= 0.6 is 23.4 Å². The Morgan fingerprint density at radius 3 is 3.16 bits per heavy atom. The summed E-state index contributed by atoms with van der Waals surface area (Å²) in [4.78, 5) is 15.8. The first-order valence-corrected chi connectivity index (χ1v) is 7.78. The van der Waals surface area contributed by atoms with Crippen molar-refractivity contribution < 1.29 is 9.18 Å². The molecule has 1 aliphatic rings. The second-order valence-corrected chi connectivity index (χ2v) is 6.37. The maximum Gasteiger partial charge on any atom is 0.254 e. The number of nitrogens with one attached hydrogen (secondary N) is 1. The highest BCUT2D eigenvalue weighted by Gasteiger charge is 2.29. The van der Waals surface area contributed by atoms with Crippen LogP contribution in [-0.2, 0) is 0 Å². The fourth-order valence-corrected chi connectivity index (χ4v) is 3.72. The predicted molar refractivity (Wildman–Crippen MR) is 76.2 cm³/mol. The first-order valence-electron chi connectivity index (χ1n) is 6.35. The van der Waals surface area contributed by atoms with Crippen molar-refractivity contribution in [2.24, 2.45) is 0 Å². The smallest absolute Gasteiger partial charge is 0.254 e. The minimum atomic E-state index is -0.555. The van der Waals surface area contributed by atoms with Gasteiger partial charge in [-0.15, -0.1) is 0 Å². The zero-order valence-electron chi connectivity index (χ0n) is 10.7. The molecule has 1 aromatic rings. The largest absolute Gasteiger partial charge is 0.348 e. The van der Waals surface area contributed by atoms with Gasteiger partial charge in [-0.2, -0.15) is 11.8 Å². The number of thioether (sulfide) groups is 1. The molecule has 0 aliphatic heterocycles. The molecule has 0 radical (unpaired) electrons. The van der Waals surface area contributed by atoms with Gasteiger partial charge in [-0.3, -0.25) is 4.79 Å². The van der Waals surface area contributed by atoms with Gasteiger partial charge < -0.3 is 5.32 Å². The minimum Gasteiger partial charge on any atom is -0.348 e. The van der Waals surface area contributed by atoms with Gasteiger partial charge in [0.15, 0.2) is 0 Å². The first kappa shape index (κ1) is 14.6. The summed E-state index contributed by atoms with van der Waals surface area (Å²) >= 11 is 7.68. The molecule has 1 amide bonds. The van der Waals surface area contributed by atoms with Crippen LogP contribution in [0.4, 0.5) is 4.39 Å². The van der Waals surface area contributed by atoms with Gasteiger partial charge in [-0.25, -0.2) is 9.37 Å². The number of nitrogens with zero attached hydrogens (tertiary/aromatic N) is 1. The highest BCUT2D eigenvalue weighted by Crippen LogP contribution is 2.30. The Labute approximate surface area is 121 Å². The molecule has 3 nitrogen and oxygen atoms in total. The van der Waals surface area contributed by atoms with Crippen molar-refractivity contribution >= 4 is 29.3 Å². The van der Waals surface area contributed by atoms with Crippen LogP contribution < -0.4 is 5.32 Å². The second kappa shape index (κ2) is 6.57. The number of amides is 1. The lowest BCUT2D eigenvalue weighted by atomic mass is 10.2. The van der Waals surface area contributed by atoms with E-state index in [1.165, 1.54) is 0 Å². The zero-order chi connectivity index (χ0) is 13.8. The lowest BCUT2D eigenvalue weighted by Gasteiger charge is -2.20. The molecular weight excluding hydrogens is 287 g/mol. The summed E-state index contributed by atoms with van der Waals surface area (Å²) in [6.07, 6.45) is 4.19.